The highest BCUT2D eigenvalue weighted by Gasteiger charge is 2.41. The second kappa shape index (κ2) is 6.57. The van der Waals surface area contributed by atoms with Crippen LogP contribution in [-0.4, -0.2) is 18.0 Å². The molecule has 1 amide bonds. The summed E-state index contributed by atoms with van der Waals surface area (Å²) < 4.78 is 18.7. The third-order valence-corrected chi connectivity index (χ3v) is 5.04. The molecule has 24 heavy (non-hydrogen) atoms. The number of hydrogen-bond donors (Lipinski definition) is 1. The number of methoxy groups -OCH3 is 1. The first-order valence-electron chi connectivity index (χ1n) is 7.60. The van der Waals surface area contributed by atoms with Gasteiger partial charge in [-0.1, -0.05) is 12.8 Å². The number of amides is 1. The number of carbonyl (C=O) groups is 1. The van der Waals surface area contributed by atoms with E-state index in [1.807, 2.05) is 0 Å². The molecule has 1 aromatic heterocycles. The lowest BCUT2D eigenvalue weighted by atomic mass is 9.87. The van der Waals surface area contributed by atoms with E-state index in [-0.39, 0.29) is 11.7 Å². The molecule has 0 aliphatic heterocycles. The summed E-state index contributed by atoms with van der Waals surface area (Å²) in [6.45, 7) is 0. The molecule has 0 atom stereocenters. The summed E-state index contributed by atoms with van der Waals surface area (Å²) in [5.41, 5.74) is 0.216. The van der Waals surface area contributed by atoms with Crippen LogP contribution in [0.5, 0.6) is 5.75 Å². The normalized spacial score (nSPS) is 15.7. The van der Waals surface area contributed by atoms with Crippen molar-refractivity contribution < 1.29 is 13.9 Å². The number of halogens is 1. The molecule has 0 unspecified atom stereocenters. The van der Waals surface area contributed by atoms with E-state index < -0.39 is 11.2 Å². The molecule has 0 bridgehead atoms. The molecular formula is C17H16FN3O2S. The summed E-state index contributed by atoms with van der Waals surface area (Å²) in [7, 11) is 1.41. The van der Waals surface area contributed by atoms with E-state index in [9.17, 15) is 14.4 Å². The van der Waals surface area contributed by atoms with Crippen molar-refractivity contribution in [2.75, 3.05) is 12.4 Å². The van der Waals surface area contributed by atoms with Crippen LogP contribution in [0, 0.1) is 22.6 Å². The van der Waals surface area contributed by atoms with E-state index in [1.165, 1.54) is 30.6 Å². The summed E-state index contributed by atoms with van der Waals surface area (Å²) in [5, 5.41) is 14.2. The predicted octanol–water partition coefficient (Wildman–Crippen LogP) is 3.98. The van der Waals surface area contributed by atoms with Gasteiger partial charge in [-0.25, -0.2) is 9.37 Å². The van der Waals surface area contributed by atoms with Crippen molar-refractivity contribution in [2.24, 2.45) is 5.41 Å². The van der Waals surface area contributed by atoms with Gasteiger partial charge >= 0.3 is 0 Å². The van der Waals surface area contributed by atoms with Crippen LogP contribution in [0.2, 0.25) is 0 Å². The van der Waals surface area contributed by atoms with Crippen LogP contribution in [0.4, 0.5) is 9.52 Å². The minimum absolute atomic E-state index is 0.166. The molecule has 1 fully saturated rings. The van der Waals surface area contributed by atoms with Crippen molar-refractivity contribution in [2.45, 2.75) is 25.7 Å². The van der Waals surface area contributed by atoms with Crippen molar-refractivity contribution in [3.05, 3.63) is 29.4 Å². The minimum Gasteiger partial charge on any atom is -0.494 e. The van der Waals surface area contributed by atoms with E-state index in [2.05, 4.69) is 16.4 Å². The van der Waals surface area contributed by atoms with Crippen molar-refractivity contribution in [3.8, 4) is 23.1 Å². The molecule has 0 saturated heterocycles. The third-order valence-electron chi connectivity index (χ3n) is 4.28. The largest absolute Gasteiger partial charge is 0.494 e. The van der Waals surface area contributed by atoms with Crippen LogP contribution >= 0.6 is 11.3 Å². The zero-order valence-corrected chi connectivity index (χ0v) is 14.0. The molecule has 124 valence electrons. The summed E-state index contributed by atoms with van der Waals surface area (Å²) in [6, 6.07) is 6.74. The monoisotopic (exact) mass is 345 g/mol. The van der Waals surface area contributed by atoms with Crippen LogP contribution in [0.1, 0.15) is 25.7 Å². The molecule has 1 aliphatic rings. The van der Waals surface area contributed by atoms with Gasteiger partial charge in [-0.3, -0.25) is 4.79 Å². The first kappa shape index (κ1) is 16.4. The second-order valence-corrected chi connectivity index (χ2v) is 6.60. The van der Waals surface area contributed by atoms with Crippen LogP contribution < -0.4 is 10.1 Å². The smallest absolute Gasteiger partial charge is 0.246 e. The topological polar surface area (TPSA) is 75.0 Å². The molecule has 1 aliphatic carbocycles. The molecule has 1 heterocycles. The number of carbonyl (C=O) groups excluding carboxylic acids is 1. The van der Waals surface area contributed by atoms with Gasteiger partial charge in [-0.15, -0.1) is 11.3 Å². The Morgan fingerprint density at radius 2 is 2.21 bits per heavy atom. The van der Waals surface area contributed by atoms with Gasteiger partial charge in [0.25, 0.3) is 0 Å². The molecular weight excluding hydrogens is 329 g/mol. The Bertz CT molecular complexity index is 806. The van der Waals surface area contributed by atoms with Crippen molar-refractivity contribution >= 4 is 22.4 Å². The third kappa shape index (κ3) is 2.97. The Hall–Kier alpha value is -2.46. The van der Waals surface area contributed by atoms with Crippen molar-refractivity contribution in [1.29, 1.82) is 5.26 Å². The fourth-order valence-electron chi connectivity index (χ4n) is 2.87. The van der Waals surface area contributed by atoms with Crippen molar-refractivity contribution in [1.82, 2.24) is 4.98 Å². The summed E-state index contributed by atoms with van der Waals surface area (Å²) in [6.07, 6.45) is 2.93. The highest BCUT2D eigenvalue weighted by molar-refractivity contribution is 7.14. The highest BCUT2D eigenvalue weighted by Crippen LogP contribution is 2.39. The quantitative estimate of drug-likeness (QED) is 0.909. The van der Waals surface area contributed by atoms with Gasteiger partial charge in [-0.2, -0.15) is 5.26 Å². The van der Waals surface area contributed by atoms with Crippen LogP contribution in [0.3, 0.4) is 0 Å². The Morgan fingerprint density at radius 1 is 1.46 bits per heavy atom. The van der Waals surface area contributed by atoms with Crippen LogP contribution in [0.15, 0.2) is 23.6 Å². The van der Waals surface area contributed by atoms with Gasteiger partial charge in [0.05, 0.1) is 18.9 Å². The lowest BCUT2D eigenvalue weighted by molar-refractivity contribution is -0.122. The number of aromatic nitrogens is 1. The maximum Gasteiger partial charge on any atom is 0.246 e. The molecule has 7 heteroatoms. The molecule has 5 nitrogen and oxygen atoms in total. The lowest BCUT2D eigenvalue weighted by Gasteiger charge is -2.17. The number of nitrogens with one attached hydrogen (secondary N) is 1. The molecule has 1 aromatic carbocycles. The van der Waals surface area contributed by atoms with E-state index in [4.69, 9.17) is 4.74 Å². The molecule has 1 N–H and O–H groups in total. The number of benzene rings is 1. The maximum absolute atomic E-state index is 13.8. The number of nitriles is 1. The van der Waals surface area contributed by atoms with Gasteiger partial charge in [0.15, 0.2) is 16.7 Å². The molecule has 1 saturated carbocycles. The van der Waals surface area contributed by atoms with Gasteiger partial charge in [0.2, 0.25) is 5.91 Å². The summed E-state index contributed by atoms with van der Waals surface area (Å²) in [4.78, 5) is 16.7. The van der Waals surface area contributed by atoms with Gasteiger partial charge in [0.1, 0.15) is 5.41 Å². The number of nitrogens with zero attached hydrogens (tertiary/aromatic N) is 2. The fraction of sp³-hybridized carbons (Fsp3) is 0.353. The molecule has 3 rings (SSSR count). The van der Waals surface area contributed by atoms with Crippen LogP contribution in [0.25, 0.3) is 11.3 Å². The number of anilines is 1. The van der Waals surface area contributed by atoms with Gasteiger partial charge in [0, 0.05) is 10.9 Å². The Balaban J connectivity index is 1.77. The first-order valence-corrected chi connectivity index (χ1v) is 8.48. The number of thiazole rings is 1. The average molecular weight is 345 g/mol. The van der Waals surface area contributed by atoms with Crippen LogP contribution in [-0.2, 0) is 4.79 Å². The molecule has 0 radical (unpaired) electrons. The zero-order chi connectivity index (χ0) is 17.2. The second-order valence-electron chi connectivity index (χ2n) is 5.74. The summed E-state index contributed by atoms with van der Waals surface area (Å²) in [5.74, 6) is -0.605. The number of rotatable bonds is 4. The Kier molecular flexibility index (Phi) is 4.49. The number of hydrogen-bond acceptors (Lipinski definition) is 5. The predicted molar refractivity (Wildman–Crippen MR) is 89.2 cm³/mol. The maximum atomic E-state index is 13.8. The first-order chi connectivity index (χ1) is 11.6. The van der Waals surface area contributed by atoms with E-state index >= 15 is 0 Å². The minimum atomic E-state index is -0.946. The molecule has 0 spiro atoms. The van der Waals surface area contributed by atoms with E-state index in [0.29, 0.717) is 29.2 Å². The average Bonchev–Trinajstić information content (AvgIpc) is 3.24. The SMILES string of the molecule is COc1ccc(-c2csc(NC(=O)C3(C#N)CCCC3)n2)cc1F. The summed E-state index contributed by atoms with van der Waals surface area (Å²) >= 11 is 1.25. The van der Waals surface area contributed by atoms with E-state index in [0.717, 1.165) is 12.8 Å². The lowest BCUT2D eigenvalue weighted by Crippen LogP contribution is -2.32. The standard InChI is InChI=1S/C17H16FN3O2S/c1-23-14-5-4-11(8-12(14)18)13-9-24-16(20-13)21-15(22)17(10-19)6-2-3-7-17/h4-5,8-9H,2-3,6-7H2,1H3,(H,20,21,22). The van der Waals surface area contributed by atoms with Gasteiger partial charge < -0.3 is 10.1 Å². The fourth-order valence-corrected chi connectivity index (χ4v) is 3.59. The zero-order valence-electron chi connectivity index (χ0n) is 13.1. The Labute approximate surface area is 143 Å². The Morgan fingerprint density at radius 3 is 2.83 bits per heavy atom. The number of ether oxygens (including phenoxy) is 1. The van der Waals surface area contributed by atoms with Gasteiger partial charge in [-0.05, 0) is 31.0 Å². The van der Waals surface area contributed by atoms with Crippen molar-refractivity contribution in [3.63, 3.8) is 0 Å². The molecule has 2 aromatic rings. The highest BCUT2D eigenvalue weighted by atomic mass is 32.1. The van der Waals surface area contributed by atoms with E-state index in [1.54, 1.807) is 11.4 Å².